The average molecular weight is 1690 g/mol. The Balaban J connectivity index is 1.28. The van der Waals surface area contributed by atoms with Crippen LogP contribution in [0.15, 0.2) is 0 Å². The van der Waals surface area contributed by atoms with E-state index in [1.807, 2.05) is 0 Å². The van der Waals surface area contributed by atoms with Gasteiger partial charge >= 0.3 is 7.60 Å². The molecule has 34 heteroatoms. The van der Waals surface area contributed by atoms with Crippen LogP contribution in [-0.4, -0.2) is 308 Å². The average Bonchev–Trinajstić information content (AvgIpc) is 1.41. The maximum Gasteiger partial charge on any atom is 0.327 e. The van der Waals surface area contributed by atoms with Crippen molar-refractivity contribution in [3.05, 3.63) is 0 Å². The first-order chi connectivity index (χ1) is 55.6. The zero-order valence-electron chi connectivity index (χ0n) is 69.9. The molecule has 0 aromatic rings. The van der Waals surface area contributed by atoms with E-state index in [4.69, 9.17) is 51.7 Å². The molecule has 18 atom stereocenters. The second-order valence-corrected chi connectivity index (χ2v) is 34.5. The number of hydrogen-bond acceptors (Lipinski definition) is 30. The van der Waals surface area contributed by atoms with E-state index in [0.717, 1.165) is 38.5 Å². The van der Waals surface area contributed by atoms with Crippen molar-refractivity contribution in [3.8, 4) is 0 Å². The third kappa shape index (κ3) is 41.8. The van der Waals surface area contributed by atoms with Crippen molar-refractivity contribution in [2.45, 2.75) is 331 Å². The van der Waals surface area contributed by atoms with E-state index in [0.29, 0.717) is 141 Å². The highest BCUT2D eigenvalue weighted by atomic mass is 31.2. The number of unbranched alkanes of at least 4 members (excludes halogenated alkanes) is 14. The highest BCUT2D eigenvalue weighted by Gasteiger charge is 2.45. The number of nitrogens with zero attached hydrogens (tertiary/aromatic N) is 1. The van der Waals surface area contributed by atoms with Gasteiger partial charge in [-0.3, -0.25) is 42.9 Å². The minimum Gasteiger partial charge on any atom is -0.394 e. The van der Waals surface area contributed by atoms with E-state index in [2.05, 4.69) is 10.6 Å². The molecule has 0 aromatic carbocycles. The van der Waals surface area contributed by atoms with Gasteiger partial charge in [0.1, 0.15) is 65.5 Å². The van der Waals surface area contributed by atoms with Crippen LogP contribution < -0.4 is 10.6 Å². The molecule has 116 heavy (non-hydrogen) atoms. The maximum atomic E-state index is 14.2. The first-order valence-corrected chi connectivity index (χ1v) is 44.9. The van der Waals surface area contributed by atoms with Crippen LogP contribution in [0.25, 0.3) is 0 Å². The minimum absolute atomic E-state index is 0.0114. The molecule has 33 nitrogen and oxygen atoms in total. The number of carbonyl (C=O) groups is 8. The van der Waals surface area contributed by atoms with Crippen LogP contribution in [-0.2, 0) is 94.6 Å². The maximum absolute atomic E-state index is 14.2. The molecule has 16 unspecified atom stereocenters. The second kappa shape index (κ2) is 59.8. The Labute approximate surface area is 686 Å². The van der Waals surface area contributed by atoms with E-state index in [-0.39, 0.29) is 183 Å². The Morgan fingerprint density at radius 2 is 0.741 bits per heavy atom. The normalized spacial score (nSPS) is 26.6. The Morgan fingerprint density at radius 3 is 1.13 bits per heavy atom. The van der Waals surface area contributed by atoms with E-state index < -0.39 is 130 Å². The van der Waals surface area contributed by atoms with Crippen LogP contribution in [0.4, 0.5) is 0 Å². The highest BCUT2D eigenvalue weighted by molar-refractivity contribution is 7.52. The Bertz CT molecular complexity index is 2600. The van der Waals surface area contributed by atoms with Gasteiger partial charge in [0.05, 0.1) is 96.5 Å². The van der Waals surface area contributed by atoms with Gasteiger partial charge in [0.25, 0.3) is 0 Å². The van der Waals surface area contributed by atoms with E-state index in [9.17, 15) is 94.0 Å². The molecule has 0 radical (unpaired) electrons. The van der Waals surface area contributed by atoms with Gasteiger partial charge < -0.3 is 118 Å². The summed E-state index contributed by atoms with van der Waals surface area (Å²) in [6, 6.07) is -0.387. The summed E-state index contributed by atoms with van der Waals surface area (Å²) in [5.74, 6) is -2.09. The number of rotatable bonds is 69. The zero-order chi connectivity index (χ0) is 85.3. The summed E-state index contributed by atoms with van der Waals surface area (Å²) in [4.78, 5) is 107. The molecular weight excluding hydrogens is 1540 g/mol. The molecule has 0 saturated carbocycles. The summed E-state index contributed by atoms with van der Waals surface area (Å²) in [6.07, 6.45) is 4.27. The summed E-state index contributed by atoms with van der Waals surface area (Å²) >= 11 is 0. The van der Waals surface area contributed by atoms with Crippen molar-refractivity contribution >= 4 is 54.2 Å². The van der Waals surface area contributed by atoms with Crippen LogP contribution in [0.3, 0.4) is 0 Å². The minimum atomic E-state index is -3.25. The smallest absolute Gasteiger partial charge is 0.327 e. The summed E-state index contributed by atoms with van der Waals surface area (Å²) in [5, 5.41) is 106. The van der Waals surface area contributed by atoms with Crippen LogP contribution in [0.1, 0.15) is 245 Å². The number of aliphatic hydroxyl groups is 10. The molecule has 12 N–H and O–H groups in total. The second-order valence-electron chi connectivity index (χ2n) is 32.3. The quantitative estimate of drug-likeness (QED) is 0.0279. The largest absolute Gasteiger partial charge is 0.394 e. The number of aliphatic hydroxyl groups excluding tert-OH is 10. The Kier molecular flexibility index (Phi) is 53.9. The van der Waals surface area contributed by atoms with Crippen molar-refractivity contribution in [2.24, 2.45) is 23.2 Å². The molecule has 4 heterocycles. The van der Waals surface area contributed by atoms with Gasteiger partial charge in [-0.25, -0.2) is 0 Å². The molecular formula is C82H146N3O30P. The van der Waals surface area contributed by atoms with Gasteiger partial charge in [0.15, 0.2) is 18.9 Å². The lowest BCUT2D eigenvalue weighted by molar-refractivity contribution is -0.282. The van der Waals surface area contributed by atoms with Crippen molar-refractivity contribution in [2.75, 3.05) is 119 Å². The lowest BCUT2D eigenvalue weighted by Gasteiger charge is -2.40. The standard InChI is InChI=1S/C82H146N3O30P/c1-57-73(98)76(101)67(50-86)113-79(57)109-41-23-20-31-61(89)27-15-12-17-29-63(91)36-44-106-54-82(48-65(93)33-14-10-8-6-7-9-11-19-35-72(97)85-49-66(94)47-60(85)53-112-116(5,104)105-4,55-107-45-37-64(92)30-18-13-16-28-62(90)32-21-24-42-110-80-58(2)74(99)77(102)68(51-87)114-80)56-108-46-38-71(96)84-40-26-39-83-70(95)34-22-25-43-111-81-59(3)75(100)78(103)69(52-88)115-81/h57-60,66-69,73-81,86-88,94,98-103H,6-56H2,1-5H3,(H,83,95)(H,84,96)/t57?,58?,59?,60-,66+,67?,68?,69?,73?,74?,75?,76?,77?,78?,79?,80?,81?,82?,116?/m0/s1. The van der Waals surface area contributed by atoms with Crippen LogP contribution in [0.5, 0.6) is 0 Å². The Hall–Kier alpha value is -3.85. The SMILES string of the molecule is COP(C)(=O)OC[C@@H]1C[C@@H](O)CN1C(=O)CCCCCCCCCCC(=O)CC(COCCC(=O)CCCCCC(=O)CCCCOC1OC(CO)C(O)C(O)C1C)(COCCC(=O)CCCCCC(=O)CCCCOC1OC(CO)C(O)C(O)C1C)COCCC(=O)NCCCNC(=O)CCCCOC1OC(CO)C(O)C(O)C1C. The van der Waals surface area contributed by atoms with E-state index in [1.165, 1.54) is 13.8 Å². The number of hydrogen-bond donors (Lipinski definition) is 12. The topological polar surface area (TPSA) is 485 Å². The molecule has 674 valence electrons. The molecule has 4 rings (SSSR count). The molecule has 4 saturated heterocycles. The summed E-state index contributed by atoms with van der Waals surface area (Å²) in [6.45, 7) is 6.41. The number of ether oxygens (including phenoxy) is 9. The van der Waals surface area contributed by atoms with E-state index in [1.54, 1.807) is 25.7 Å². The lowest BCUT2D eigenvalue weighted by atomic mass is 9.83. The third-order valence-corrected chi connectivity index (χ3v) is 23.5. The number of likely N-dealkylation sites (tertiary alicyclic amines) is 1. The summed E-state index contributed by atoms with van der Waals surface area (Å²) < 4.78 is 75.5. The van der Waals surface area contributed by atoms with Gasteiger partial charge in [-0.15, -0.1) is 0 Å². The highest BCUT2D eigenvalue weighted by Crippen LogP contribution is 2.43. The number of nitrogens with one attached hydrogen (secondary N) is 2. The van der Waals surface area contributed by atoms with Crippen molar-refractivity contribution in [1.29, 1.82) is 0 Å². The van der Waals surface area contributed by atoms with Gasteiger partial charge in [0.2, 0.25) is 17.7 Å². The fourth-order valence-electron chi connectivity index (χ4n) is 14.5. The van der Waals surface area contributed by atoms with Crippen LogP contribution in [0.2, 0.25) is 0 Å². The molecule has 0 aliphatic carbocycles. The lowest BCUT2D eigenvalue weighted by Crippen LogP contribution is -2.55. The molecule has 4 fully saturated rings. The molecule has 4 aliphatic heterocycles. The van der Waals surface area contributed by atoms with E-state index >= 15 is 0 Å². The van der Waals surface area contributed by atoms with Gasteiger partial charge in [-0.2, -0.15) is 0 Å². The molecule has 0 aromatic heterocycles. The fraction of sp³-hybridized carbons (Fsp3) is 0.902. The number of ketones is 5. The van der Waals surface area contributed by atoms with Crippen molar-refractivity contribution in [3.63, 3.8) is 0 Å². The number of amides is 3. The van der Waals surface area contributed by atoms with Gasteiger partial charge in [-0.1, -0.05) is 72.1 Å². The molecule has 4 aliphatic rings. The third-order valence-electron chi connectivity index (χ3n) is 22.2. The predicted molar refractivity (Wildman–Crippen MR) is 424 cm³/mol. The number of β-amino-alcohol motifs (C(OH)–C–C–N with tert-alkyl or cyclic N) is 1. The first kappa shape index (κ1) is 104. The number of carbonyl (C=O) groups excluding carboxylic acids is 8. The molecule has 0 bridgehead atoms. The first-order valence-electron chi connectivity index (χ1n) is 42.9. The van der Waals surface area contributed by atoms with Crippen molar-refractivity contribution in [1.82, 2.24) is 15.5 Å². The van der Waals surface area contributed by atoms with Gasteiger partial charge in [0, 0.05) is 160 Å². The van der Waals surface area contributed by atoms with Crippen LogP contribution in [0, 0.1) is 23.2 Å². The monoisotopic (exact) mass is 1680 g/mol. The molecule has 3 amide bonds. The Morgan fingerprint density at radius 1 is 0.414 bits per heavy atom. The molecule has 0 spiro atoms. The number of Topliss-reactive ketones (excluding diaryl/α,β-unsaturated/α-hetero) is 5. The fourth-order valence-corrected chi connectivity index (χ4v) is 15.1. The summed E-state index contributed by atoms with van der Waals surface area (Å²) in [7, 11) is -1.96. The summed E-state index contributed by atoms with van der Waals surface area (Å²) in [5.41, 5.74) is -1.10. The van der Waals surface area contributed by atoms with Crippen molar-refractivity contribution < 1.29 is 146 Å². The van der Waals surface area contributed by atoms with Crippen LogP contribution >= 0.6 is 7.60 Å². The zero-order valence-corrected chi connectivity index (χ0v) is 70.8. The van der Waals surface area contributed by atoms with Gasteiger partial charge in [-0.05, 0) is 89.9 Å². The predicted octanol–water partition coefficient (Wildman–Crippen LogP) is 5.09.